The third-order valence-corrected chi connectivity index (χ3v) is 9.66. The van der Waals surface area contributed by atoms with Gasteiger partial charge in [0.1, 0.15) is 17.9 Å². The van der Waals surface area contributed by atoms with E-state index in [-0.39, 0.29) is 18.2 Å². The molecule has 0 saturated heterocycles. The molecular weight excluding hydrogens is 554 g/mol. The maximum Gasteiger partial charge on any atom is 0.307 e. The lowest BCUT2D eigenvalue weighted by Gasteiger charge is -2.40. The number of ether oxygens (including phenoxy) is 1. The highest BCUT2D eigenvalue weighted by Crippen LogP contribution is 2.47. The molecule has 3 aliphatic rings. The van der Waals surface area contributed by atoms with E-state index in [4.69, 9.17) is 9.84 Å². The van der Waals surface area contributed by atoms with E-state index >= 15 is 0 Å². The van der Waals surface area contributed by atoms with Crippen molar-refractivity contribution in [3.8, 4) is 17.0 Å². The molecule has 3 N–H and O–H groups in total. The van der Waals surface area contributed by atoms with Gasteiger partial charge in [-0.15, -0.1) is 0 Å². The first kappa shape index (κ1) is 28.2. The third-order valence-electron chi connectivity index (χ3n) is 9.66. The molecule has 7 rings (SSSR count). The molecule has 0 unspecified atom stereocenters. The highest BCUT2D eigenvalue weighted by Gasteiger charge is 2.45. The SMILES string of the molecule is O=C(O)Cc1ccc(NC(=O)C2(NC(=O)c3ccc4c(C5CCCCC5)c5n(c4c3)CCOc3ccccc3-5)CCC2)cc1. The molecule has 4 aromatic rings. The number of aromatic nitrogens is 1. The first-order valence-electron chi connectivity index (χ1n) is 15.7. The molecule has 226 valence electrons. The number of nitrogens with one attached hydrogen (secondary N) is 2. The number of para-hydroxylation sites is 1. The third kappa shape index (κ3) is 5.12. The first-order valence-corrected chi connectivity index (χ1v) is 15.7. The van der Waals surface area contributed by atoms with Crippen LogP contribution >= 0.6 is 0 Å². The number of hydrogen-bond acceptors (Lipinski definition) is 4. The van der Waals surface area contributed by atoms with Gasteiger partial charge in [-0.25, -0.2) is 0 Å². The quantitative estimate of drug-likeness (QED) is 0.223. The molecule has 8 nitrogen and oxygen atoms in total. The maximum absolute atomic E-state index is 13.8. The second-order valence-electron chi connectivity index (χ2n) is 12.4. The van der Waals surface area contributed by atoms with Crippen LogP contribution in [-0.4, -0.2) is 39.6 Å². The summed E-state index contributed by atoms with van der Waals surface area (Å²) in [5.74, 6) is -0.0599. The van der Waals surface area contributed by atoms with Crippen LogP contribution in [0.1, 0.15) is 78.8 Å². The molecule has 1 aliphatic heterocycles. The van der Waals surface area contributed by atoms with Crippen molar-refractivity contribution in [2.75, 3.05) is 11.9 Å². The van der Waals surface area contributed by atoms with Crippen molar-refractivity contribution in [3.05, 3.63) is 83.4 Å². The van der Waals surface area contributed by atoms with Crippen LogP contribution in [0.4, 0.5) is 5.69 Å². The number of hydrogen-bond donors (Lipinski definition) is 3. The lowest BCUT2D eigenvalue weighted by atomic mass is 9.75. The fourth-order valence-electron chi connectivity index (χ4n) is 7.24. The van der Waals surface area contributed by atoms with Crippen molar-refractivity contribution >= 4 is 34.4 Å². The van der Waals surface area contributed by atoms with E-state index in [1.165, 1.54) is 35.9 Å². The molecule has 2 saturated carbocycles. The van der Waals surface area contributed by atoms with Crippen LogP contribution < -0.4 is 15.4 Å². The summed E-state index contributed by atoms with van der Waals surface area (Å²) in [7, 11) is 0. The van der Waals surface area contributed by atoms with Gasteiger partial charge in [-0.1, -0.05) is 49.6 Å². The highest BCUT2D eigenvalue weighted by molar-refractivity contribution is 6.06. The van der Waals surface area contributed by atoms with Gasteiger partial charge in [0.25, 0.3) is 5.91 Å². The molecule has 0 atom stereocenters. The number of carboxylic acid groups (broad SMARTS) is 1. The van der Waals surface area contributed by atoms with Gasteiger partial charge in [0.15, 0.2) is 0 Å². The average Bonchev–Trinajstić information content (AvgIpc) is 3.21. The summed E-state index contributed by atoms with van der Waals surface area (Å²) >= 11 is 0. The zero-order chi connectivity index (χ0) is 30.3. The fraction of sp³-hybridized carbons (Fsp3) is 0.361. The largest absolute Gasteiger partial charge is 0.491 e. The van der Waals surface area contributed by atoms with E-state index in [1.807, 2.05) is 24.3 Å². The lowest BCUT2D eigenvalue weighted by molar-refractivity contribution is -0.136. The Morgan fingerprint density at radius 3 is 2.43 bits per heavy atom. The average molecular weight is 592 g/mol. The molecule has 1 aromatic heterocycles. The Labute approximate surface area is 256 Å². The number of benzene rings is 3. The number of carbonyl (C=O) groups excluding carboxylic acids is 2. The summed E-state index contributed by atoms with van der Waals surface area (Å²) in [4.78, 5) is 38.2. The molecule has 3 aromatic carbocycles. The van der Waals surface area contributed by atoms with E-state index in [0.717, 1.165) is 36.1 Å². The van der Waals surface area contributed by atoms with Crippen LogP contribution in [0.3, 0.4) is 0 Å². The number of aliphatic carboxylic acids is 1. The lowest BCUT2D eigenvalue weighted by Crippen LogP contribution is -2.61. The number of carboxylic acids is 1. The number of nitrogens with zero attached hydrogens (tertiary/aromatic N) is 1. The molecule has 0 spiro atoms. The van der Waals surface area contributed by atoms with Crippen LogP contribution in [0.2, 0.25) is 0 Å². The summed E-state index contributed by atoms with van der Waals surface area (Å²) in [6.45, 7) is 1.24. The van der Waals surface area contributed by atoms with E-state index in [1.54, 1.807) is 24.3 Å². The normalized spacial score (nSPS) is 17.4. The van der Waals surface area contributed by atoms with Gasteiger partial charge in [0, 0.05) is 27.7 Å². The van der Waals surface area contributed by atoms with E-state index in [2.05, 4.69) is 33.4 Å². The van der Waals surface area contributed by atoms with Crippen molar-refractivity contribution in [3.63, 3.8) is 0 Å². The number of rotatable bonds is 7. The molecule has 2 heterocycles. The number of amides is 2. The first-order chi connectivity index (χ1) is 21.4. The fourth-order valence-corrected chi connectivity index (χ4v) is 7.24. The van der Waals surface area contributed by atoms with Crippen molar-refractivity contribution in [2.24, 2.45) is 0 Å². The van der Waals surface area contributed by atoms with Gasteiger partial charge in [-0.2, -0.15) is 0 Å². The minimum Gasteiger partial charge on any atom is -0.491 e. The van der Waals surface area contributed by atoms with Gasteiger partial charge in [0.2, 0.25) is 5.91 Å². The van der Waals surface area contributed by atoms with Gasteiger partial charge in [-0.05, 0) is 85.5 Å². The summed E-state index contributed by atoms with van der Waals surface area (Å²) in [5, 5.41) is 16.2. The predicted molar refractivity (Wildman–Crippen MR) is 169 cm³/mol. The molecule has 44 heavy (non-hydrogen) atoms. The second-order valence-corrected chi connectivity index (χ2v) is 12.4. The summed E-state index contributed by atoms with van der Waals surface area (Å²) in [6.07, 6.45) is 7.95. The maximum atomic E-state index is 13.8. The van der Waals surface area contributed by atoms with Crippen LogP contribution in [0.15, 0.2) is 66.7 Å². The minimum atomic E-state index is -0.984. The van der Waals surface area contributed by atoms with Crippen molar-refractivity contribution < 1.29 is 24.2 Å². The van der Waals surface area contributed by atoms with Crippen LogP contribution in [0.5, 0.6) is 5.75 Å². The van der Waals surface area contributed by atoms with Gasteiger partial charge < -0.3 is 25.0 Å². The Morgan fingerprint density at radius 1 is 0.932 bits per heavy atom. The smallest absolute Gasteiger partial charge is 0.307 e. The molecule has 2 amide bonds. The van der Waals surface area contributed by atoms with E-state index in [9.17, 15) is 14.4 Å². The molecular formula is C36H37N3O5. The van der Waals surface area contributed by atoms with Gasteiger partial charge in [0.05, 0.1) is 18.7 Å². The summed E-state index contributed by atoms with van der Waals surface area (Å²) in [5.41, 5.74) is 5.49. The standard InChI is InChI=1S/C36H37N3O5/c40-31(41)21-23-11-14-26(15-12-23)37-35(43)36(17-6-18-36)38-34(42)25-13-16-27-29(22-25)39-19-20-44-30-10-5-4-9-28(30)33(39)32(27)24-7-2-1-3-8-24/h4-5,9-16,22,24H,1-3,6-8,17-21H2,(H,37,43)(H,38,42)(H,40,41). The number of fused-ring (bicyclic) bond motifs is 5. The van der Waals surface area contributed by atoms with Gasteiger partial charge >= 0.3 is 5.97 Å². The number of carbonyl (C=O) groups is 3. The van der Waals surface area contributed by atoms with Crippen LogP contribution in [-0.2, 0) is 22.6 Å². The Hall–Kier alpha value is -4.59. The Bertz CT molecular complexity index is 1750. The van der Waals surface area contributed by atoms with Crippen LogP contribution in [0.25, 0.3) is 22.2 Å². The number of anilines is 1. The Balaban J connectivity index is 1.19. The zero-order valence-corrected chi connectivity index (χ0v) is 24.7. The van der Waals surface area contributed by atoms with Crippen molar-refractivity contribution in [1.29, 1.82) is 0 Å². The highest BCUT2D eigenvalue weighted by atomic mass is 16.5. The minimum absolute atomic E-state index is 0.0782. The monoisotopic (exact) mass is 591 g/mol. The molecule has 8 heteroatoms. The molecule has 2 aliphatic carbocycles. The van der Waals surface area contributed by atoms with Crippen molar-refractivity contribution in [1.82, 2.24) is 9.88 Å². The van der Waals surface area contributed by atoms with Gasteiger partial charge in [-0.3, -0.25) is 14.4 Å². The molecule has 2 fully saturated rings. The van der Waals surface area contributed by atoms with E-state index in [0.29, 0.717) is 48.7 Å². The second kappa shape index (κ2) is 11.5. The molecule has 0 bridgehead atoms. The Morgan fingerprint density at radius 2 is 1.70 bits per heavy atom. The summed E-state index contributed by atoms with van der Waals surface area (Å²) < 4.78 is 8.51. The molecule has 0 radical (unpaired) electrons. The summed E-state index contributed by atoms with van der Waals surface area (Å²) in [6, 6.07) is 21.0. The Kier molecular flexibility index (Phi) is 7.36. The topological polar surface area (TPSA) is 110 Å². The van der Waals surface area contributed by atoms with E-state index < -0.39 is 11.5 Å². The zero-order valence-electron chi connectivity index (χ0n) is 24.7. The predicted octanol–water partition coefficient (Wildman–Crippen LogP) is 6.67. The van der Waals surface area contributed by atoms with Crippen molar-refractivity contribution in [2.45, 2.75) is 75.8 Å². The van der Waals surface area contributed by atoms with Crippen LogP contribution in [0, 0.1) is 0 Å².